The van der Waals surface area contributed by atoms with Gasteiger partial charge in [0.15, 0.2) is 0 Å². The van der Waals surface area contributed by atoms with Crippen LogP contribution in [-0.2, 0) is 6.54 Å². The van der Waals surface area contributed by atoms with Crippen molar-refractivity contribution in [1.29, 1.82) is 0 Å². The van der Waals surface area contributed by atoms with Gasteiger partial charge in [-0.15, -0.1) is 0 Å². The maximum atomic E-state index is 3.20. The molecule has 0 aliphatic rings. The highest BCUT2D eigenvalue weighted by Crippen LogP contribution is 2.30. The molecule has 0 saturated carbocycles. The monoisotopic (exact) mass is 271 g/mol. The number of rotatable bonds is 4. The molecule has 0 fully saturated rings. The molecule has 0 bridgehead atoms. The van der Waals surface area contributed by atoms with Crippen molar-refractivity contribution < 1.29 is 0 Å². The number of hydrogen-bond acceptors (Lipinski definition) is 2. The molecule has 0 heterocycles. The first kappa shape index (κ1) is 14.2. The highest BCUT2D eigenvalue weighted by atomic mass is 32.2. The summed E-state index contributed by atoms with van der Waals surface area (Å²) in [5, 5.41) is 3.20. The van der Waals surface area contributed by atoms with E-state index in [9.17, 15) is 0 Å². The summed E-state index contributed by atoms with van der Waals surface area (Å²) >= 11 is 1.83. The Morgan fingerprint density at radius 2 is 1.47 bits per heavy atom. The van der Waals surface area contributed by atoms with Gasteiger partial charge < -0.3 is 5.32 Å². The van der Waals surface area contributed by atoms with E-state index < -0.39 is 0 Å². The van der Waals surface area contributed by atoms with Gasteiger partial charge in [0.25, 0.3) is 0 Å². The third-order valence-corrected chi connectivity index (χ3v) is 4.37. The van der Waals surface area contributed by atoms with Crippen LogP contribution in [0.5, 0.6) is 0 Å². The second kappa shape index (κ2) is 6.27. The summed E-state index contributed by atoms with van der Waals surface area (Å²) < 4.78 is 0. The Morgan fingerprint density at radius 3 is 2.05 bits per heavy atom. The van der Waals surface area contributed by atoms with E-state index in [0.29, 0.717) is 0 Å². The second-order valence-electron chi connectivity index (χ2n) is 4.97. The third kappa shape index (κ3) is 3.62. The van der Waals surface area contributed by atoms with Crippen LogP contribution < -0.4 is 5.32 Å². The largest absolute Gasteiger partial charge is 0.316 e. The van der Waals surface area contributed by atoms with Crippen molar-refractivity contribution in [3.05, 3.63) is 58.7 Å². The molecule has 2 aromatic rings. The molecule has 0 aliphatic carbocycles. The van der Waals surface area contributed by atoms with Crippen molar-refractivity contribution in [2.45, 2.75) is 37.1 Å². The molecule has 1 nitrogen and oxygen atoms in total. The van der Waals surface area contributed by atoms with Gasteiger partial charge in [0.05, 0.1) is 0 Å². The molecule has 0 amide bonds. The molecular formula is C17H21NS. The molecule has 1 N–H and O–H groups in total. The maximum absolute atomic E-state index is 3.20. The van der Waals surface area contributed by atoms with Crippen LogP contribution in [0.2, 0.25) is 0 Å². The zero-order chi connectivity index (χ0) is 13.8. The van der Waals surface area contributed by atoms with E-state index in [0.717, 1.165) is 6.54 Å². The lowest BCUT2D eigenvalue weighted by atomic mass is 10.1. The Balaban J connectivity index is 2.19. The van der Waals surface area contributed by atoms with Gasteiger partial charge in [-0.3, -0.25) is 0 Å². The average Bonchev–Trinajstić information content (AvgIpc) is 2.37. The van der Waals surface area contributed by atoms with Crippen molar-refractivity contribution in [2.75, 3.05) is 7.05 Å². The molecule has 0 radical (unpaired) electrons. The highest BCUT2D eigenvalue weighted by Gasteiger charge is 2.02. The summed E-state index contributed by atoms with van der Waals surface area (Å²) in [5.74, 6) is 0. The van der Waals surface area contributed by atoms with Crippen molar-refractivity contribution in [2.24, 2.45) is 0 Å². The standard InChI is InChI=1S/C17H21NS/c1-12-5-7-16(9-13(12)2)19-17-8-6-15(11-18-4)14(3)10-17/h5-10,18H,11H2,1-4H3. The fraction of sp³-hybridized carbons (Fsp3) is 0.294. The van der Waals surface area contributed by atoms with Gasteiger partial charge >= 0.3 is 0 Å². The first-order chi connectivity index (χ1) is 9.10. The van der Waals surface area contributed by atoms with E-state index in [2.05, 4.69) is 62.5 Å². The van der Waals surface area contributed by atoms with Crippen LogP contribution in [0, 0.1) is 20.8 Å². The van der Waals surface area contributed by atoms with E-state index in [1.165, 1.54) is 32.0 Å². The topological polar surface area (TPSA) is 12.0 Å². The van der Waals surface area contributed by atoms with Crippen LogP contribution in [0.25, 0.3) is 0 Å². The van der Waals surface area contributed by atoms with Gasteiger partial charge in [-0.1, -0.05) is 23.9 Å². The highest BCUT2D eigenvalue weighted by molar-refractivity contribution is 7.99. The zero-order valence-electron chi connectivity index (χ0n) is 12.1. The molecule has 2 aromatic carbocycles. The first-order valence-corrected chi connectivity index (χ1v) is 7.41. The summed E-state index contributed by atoms with van der Waals surface area (Å²) in [4.78, 5) is 2.62. The van der Waals surface area contributed by atoms with Gasteiger partial charge in [0.2, 0.25) is 0 Å². The van der Waals surface area contributed by atoms with Gasteiger partial charge in [0, 0.05) is 16.3 Å². The lowest BCUT2D eigenvalue weighted by Crippen LogP contribution is -2.06. The number of aryl methyl sites for hydroxylation is 3. The molecule has 19 heavy (non-hydrogen) atoms. The van der Waals surface area contributed by atoms with Crippen molar-refractivity contribution in [3.8, 4) is 0 Å². The molecule has 0 atom stereocenters. The van der Waals surface area contributed by atoms with Gasteiger partial charge in [-0.05, 0) is 74.3 Å². The fourth-order valence-corrected chi connectivity index (χ4v) is 3.05. The summed E-state index contributed by atoms with van der Waals surface area (Å²) in [6.45, 7) is 7.43. The van der Waals surface area contributed by atoms with Gasteiger partial charge in [-0.25, -0.2) is 0 Å². The molecule has 0 aliphatic heterocycles. The first-order valence-electron chi connectivity index (χ1n) is 6.59. The summed E-state index contributed by atoms with van der Waals surface area (Å²) in [6, 6.07) is 13.3. The minimum absolute atomic E-state index is 0.931. The minimum Gasteiger partial charge on any atom is -0.316 e. The molecule has 0 spiro atoms. The molecule has 100 valence electrons. The molecule has 0 saturated heterocycles. The smallest absolute Gasteiger partial charge is 0.0205 e. The Hall–Kier alpha value is -1.25. The predicted molar refractivity (Wildman–Crippen MR) is 84.0 cm³/mol. The number of nitrogens with one attached hydrogen (secondary N) is 1. The van der Waals surface area contributed by atoms with Crippen LogP contribution in [0.15, 0.2) is 46.2 Å². The zero-order valence-corrected chi connectivity index (χ0v) is 12.9. The van der Waals surface area contributed by atoms with E-state index in [-0.39, 0.29) is 0 Å². The minimum atomic E-state index is 0.931. The maximum Gasteiger partial charge on any atom is 0.0205 e. The quantitative estimate of drug-likeness (QED) is 0.879. The molecular weight excluding hydrogens is 250 g/mol. The van der Waals surface area contributed by atoms with E-state index in [1.54, 1.807) is 0 Å². The summed E-state index contributed by atoms with van der Waals surface area (Å²) in [5.41, 5.74) is 5.42. The second-order valence-corrected chi connectivity index (χ2v) is 6.11. The van der Waals surface area contributed by atoms with E-state index >= 15 is 0 Å². The van der Waals surface area contributed by atoms with Crippen LogP contribution >= 0.6 is 11.8 Å². The predicted octanol–water partition coefficient (Wildman–Crippen LogP) is 4.48. The number of hydrogen-bond donors (Lipinski definition) is 1. The fourth-order valence-electron chi connectivity index (χ4n) is 2.03. The Bertz CT molecular complexity index is 575. The van der Waals surface area contributed by atoms with Crippen LogP contribution in [-0.4, -0.2) is 7.05 Å². The number of benzene rings is 2. The Morgan fingerprint density at radius 1 is 0.842 bits per heavy atom. The van der Waals surface area contributed by atoms with Gasteiger partial charge in [0.1, 0.15) is 0 Å². The Kier molecular flexibility index (Phi) is 4.67. The summed E-state index contributed by atoms with van der Waals surface area (Å²) in [6.07, 6.45) is 0. The van der Waals surface area contributed by atoms with Gasteiger partial charge in [-0.2, -0.15) is 0 Å². The van der Waals surface area contributed by atoms with Crippen LogP contribution in [0.3, 0.4) is 0 Å². The normalized spacial score (nSPS) is 10.7. The molecule has 0 unspecified atom stereocenters. The van der Waals surface area contributed by atoms with Crippen molar-refractivity contribution >= 4 is 11.8 Å². The molecule has 2 rings (SSSR count). The SMILES string of the molecule is CNCc1ccc(Sc2ccc(C)c(C)c2)cc1C. The summed E-state index contributed by atoms with van der Waals surface area (Å²) in [7, 11) is 1.98. The average molecular weight is 271 g/mol. The van der Waals surface area contributed by atoms with E-state index in [1.807, 2.05) is 18.8 Å². The van der Waals surface area contributed by atoms with Crippen molar-refractivity contribution in [3.63, 3.8) is 0 Å². The van der Waals surface area contributed by atoms with Crippen LogP contribution in [0.4, 0.5) is 0 Å². The van der Waals surface area contributed by atoms with Crippen LogP contribution in [0.1, 0.15) is 22.3 Å². The third-order valence-electron chi connectivity index (χ3n) is 3.40. The molecule has 2 heteroatoms. The van der Waals surface area contributed by atoms with Crippen molar-refractivity contribution in [1.82, 2.24) is 5.32 Å². The lowest BCUT2D eigenvalue weighted by Gasteiger charge is -2.09. The van der Waals surface area contributed by atoms with E-state index in [4.69, 9.17) is 0 Å². The molecule has 0 aromatic heterocycles. The lowest BCUT2D eigenvalue weighted by molar-refractivity contribution is 0.811. The Labute approximate surface area is 120 Å².